The van der Waals surface area contributed by atoms with E-state index >= 15 is 0 Å². The molecule has 1 saturated heterocycles. The van der Waals surface area contributed by atoms with Crippen LogP contribution in [0, 0.1) is 11.3 Å². The highest BCUT2D eigenvalue weighted by Crippen LogP contribution is 2.48. The van der Waals surface area contributed by atoms with Gasteiger partial charge in [0.25, 0.3) is 0 Å². The lowest BCUT2D eigenvalue weighted by Gasteiger charge is -2.23. The summed E-state index contributed by atoms with van der Waals surface area (Å²) >= 11 is 0. The lowest BCUT2D eigenvalue weighted by molar-refractivity contribution is -0.149. The van der Waals surface area contributed by atoms with Crippen molar-refractivity contribution < 1.29 is 14.7 Å². The molecule has 124 valence electrons. The first-order valence-corrected chi connectivity index (χ1v) is 8.44. The number of amides is 2. The summed E-state index contributed by atoms with van der Waals surface area (Å²) in [7, 11) is 0. The smallest absolute Gasteiger partial charge is 0.323 e. The van der Waals surface area contributed by atoms with E-state index in [4.69, 9.17) is 0 Å². The second-order valence-corrected chi connectivity index (χ2v) is 7.06. The average molecular weight is 318 g/mol. The molecule has 1 saturated carbocycles. The molecule has 2 aliphatic heterocycles. The molecule has 2 amide bonds. The largest absolute Gasteiger partial charge is 0.481 e. The van der Waals surface area contributed by atoms with Crippen LogP contribution >= 0.6 is 0 Å². The highest BCUT2D eigenvalue weighted by molar-refractivity contribution is 5.89. The zero-order valence-corrected chi connectivity index (χ0v) is 13.1. The van der Waals surface area contributed by atoms with Gasteiger partial charge in [-0.3, -0.25) is 14.8 Å². The summed E-state index contributed by atoms with van der Waals surface area (Å²) in [4.78, 5) is 25.8. The molecule has 0 bridgehead atoms. The van der Waals surface area contributed by atoms with Crippen LogP contribution in [0.15, 0.2) is 6.07 Å². The summed E-state index contributed by atoms with van der Waals surface area (Å²) in [5.41, 5.74) is 0.428. The zero-order valence-electron chi connectivity index (χ0n) is 13.1. The summed E-state index contributed by atoms with van der Waals surface area (Å²) in [6.07, 6.45) is 5.80. The third kappa shape index (κ3) is 2.29. The summed E-state index contributed by atoms with van der Waals surface area (Å²) in [5.74, 6) is -0.0953. The van der Waals surface area contributed by atoms with Gasteiger partial charge in [-0.25, -0.2) is 4.79 Å². The van der Waals surface area contributed by atoms with Crippen molar-refractivity contribution in [3.63, 3.8) is 0 Å². The van der Waals surface area contributed by atoms with Gasteiger partial charge in [0.15, 0.2) is 5.82 Å². The van der Waals surface area contributed by atoms with E-state index in [0.717, 1.165) is 44.3 Å². The van der Waals surface area contributed by atoms with Gasteiger partial charge in [0.1, 0.15) is 0 Å². The molecular weight excluding hydrogens is 296 g/mol. The number of aryl methyl sites for hydroxylation is 2. The number of fused-ring (bicyclic) bond motifs is 2. The second kappa shape index (κ2) is 5.25. The van der Waals surface area contributed by atoms with Gasteiger partial charge in [-0.15, -0.1) is 0 Å². The van der Waals surface area contributed by atoms with Gasteiger partial charge in [0.2, 0.25) is 0 Å². The van der Waals surface area contributed by atoms with Crippen LogP contribution in [0.2, 0.25) is 0 Å². The van der Waals surface area contributed by atoms with E-state index in [1.165, 1.54) is 0 Å². The van der Waals surface area contributed by atoms with Crippen LogP contribution in [0.25, 0.3) is 0 Å². The fourth-order valence-electron chi connectivity index (χ4n) is 4.46. The highest BCUT2D eigenvalue weighted by Gasteiger charge is 2.55. The maximum absolute atomic E-state index is 12.5. The van der Waals surface area contributed by atoms with Gasteiger partial charge in [-0.2, -0.15) is 5.10 Å². The van der Waals surface area contributed by atoms with Gasteiger partial charge in [0, 0.05) is 31.4 Å². The molecule has 0 aromatic carbocycles. The van der Waals surface area contributed by atoms with Gasteiger partial charge in [0.05, 0.1) is 5.41 Å². The molecule has 1 aromatic heterocycles. The zero-order chi connectivity index (χ0) is 16.0. The number of carbonyl (C=O) groups is 2. The number of rotatable bonds is 2. The lowest BCUT2D eigenvalue weighted by Crippen LogP contribution is -2.38. The minimum absolute atomic E-state index is 0.0842. The van der Waals surface area contributed by atoms with Crippen LogP contribution in [0.3, 0.4) is 0 Å². The number of nitrogens with one attached hydrogen (secondary N) is 1. The molecule has 2 N–H and O–H groups in total. The number of aromatic nitrogens is 2. The summed E-state index contributed by atoms with van der Waals surface area (Å²) in [6, 6.07) is 1.71. The van der Waals surface area contributed by atoms with Crippen LogP contribution in [-0.4, -0.2) is 44.9 Å². The average Bonchev–Trinajstić information content (AvgIpc) is 3.18. The number of anilines is 1. The number of aliphatic carboxylic acids is 1. The monoisotopic (exact) mass is 318 g/mol. The van der Waals surface area contributed by atoms with Crippen molar-refractivity contribution in [3.8, 4) is 0 Å². The molecule has 1 aliphatic carbocycles. The molecule has 0 spiro atoms. The SMILES string of the molecule is O=C(Nc1cc2n(n1)CCCC2)N1C[C@@H]2CCC[C@@]2(C(=O)O)C1. The predicted octanol–water partition coefficient (Wildman–Crippen LogP) is 1.94. The van der Waals surface area contributed by atoms with E-state index in [9.17, 15) is 14.7 Å². The fraction of sp³-hybridized carbons (Fsp3) is 0.688. The van der Waals surface area contributed by atoms with Crippen LogP contribution in [0.5, 0.6) is 0 Å². The van der Waals surface area contributed by atoms with Gasteiger partial charge in [-0.1, -0.05) is 6.42 Å². The molecule has 7 heteroatoms. The first-order valence-electron chi connectivity index (χ1n) is 8.44. The molecule has 0 unspecified atom stereocenters. The Hall–Kier alpha value is -2.05. The number of likely N-dealkylation sites (tertiary alicyclic amines) is 1. The molecule has 7 nitrogen and oxygen atoms in total. The Morgan fingerprint density at radius 2 is 2.22 bits per heavy atom. The number of nitrogens with zero attached hydrogens (tertiary/aromatic N) is 3. The van der Waals surface area contributed by atoms with Crippen molar-refractivity contribution in [2.24, 2.45) is 11.3 Å². The molecule has 23 heavy (non-hydrogen) atoms. The van der Waals surface area contributed by atoms with Crippen LogP contribution in [0.1, 0.15) is 37.8 Å². The van der Waals surface area contributed by atoms with Crippen molar-refractivity contribution in [3.05, 3.63) is 11.8 Å². The Kier molecular flexibility index (Phi) is 3.32. The Bertz CT molecular complexity index is 632. The van der Waals surface area contributed by atoms with Gasteiger partial charge < -0.3 is 10.0 Å². The van der Waals surface area contributed by atoms with Gasteiger partial charge in [-0.05, 0) is 38.0 Å². The number of hydrogen-bond donors (Lipinski definition) is 2. The third-order valence-electron chi connectivity index (χ3n) is 5.74. The maximum Gasteiger partial charge on any atom is 0.323 e. The second-order valence-electron chi connectivity index (χ2n) is 7.06. The highest BCUT2D eigenvalue weighted by atomic mass is 16.4. The molecule has 3 aliphatic rings. The predicted molar refractivity (Wildman–Crippen MR) is 83.2 cm³/mol. The summed E-state index contributed by atoms with van der Waals surface area (Å²) in [5, 5.41) is 16.9. The molecule has 1 aromatic rings. The minimum Gasteiger partial charge on any atom is -0.481 e. The van der Waals surface area contributed by atoms with Crippen LogP contribution in [0.4, 0.5) is 10.6 Å². The normalized spacial score (nSPS) is 29.2. The quantitative estimate of drug-likeness (QED) is 0.872. The maximum atomic E-state index is 12.5. The van der Waals surface area contributed by atoms with E-state index in [1.807, 2.05) is 10.7 Å². The summed E-state index contributed by atoms with van der Waals surface area (Å²) in [6.45, 7) is 1.75. The van der Waals surface area contributed by atoms with Crippen molar-refractivity contribution >= 4 is 17.8 Å². The molecule has 3 heterocycles. The first-order chi connectivity index (χ1) is 11.1. The number of carboxylic acids is 1. The van der Waals surface area contributed by atoms with E-state index in [0.29, 0.717) is 25.3 Å². The first kappa shape index (κ1) is 14.5. The Morgan fingerprint density at radius 3 is 2.96 bits per heavy atom. The number of carbonyl (C=O) groups excluding carboxylic acids is 1. The molecular formula is C16H22N4O3. The molecule has 2 fully saturated rings. The topological polar surface area (TPSA) is 87.5 Å². The Morgan fingerprint density at radius 1 is 1.35 bits per heavy atom. The lowest BCUT2D eigenvalue weighted by atomic mass is 9.81. The third-order valence-corrected chi connectivity index (χ3v) is 5.74. The van der Waals surface area contributed by atoms with Crippen LogP contribution in [-0.2, 0) is 17.8 Å². The van der Waals surface area contributed by atoms with Crippen molar-refractivity contribution in [1.29, 1.82) is 0 Å². The van der Waals surface area contributed by atoms with Crippen molar-refractivity contribution in [2.75, 3.05) is 18.4 Å². The molecule has 0 radical (unpaired) electrons. The number of hydrogen-bond acceptors (Lipinski definition) is 3. The fourth-order valence-corrected chi connectivity index (χ4v) is 4.46. The van der Waals surface area contributed by atoms with E-state index in [1.54, 1.807) is 4.90 Å². The Labute approximate surface area is 134 Å². The minimum atomic E-state index is -0.757. The van der Waals surface area contributed by atoms with E-state index < -0.39 is 11.4 Å². The number of carboxylic acid groups (broad SMARTS) is 1. The van der Waals surface area contributed by atoms with Crippen molar-refractivity contribution in [1.82, 2.24) is 14.7 Å². The van der Waals surface area contributed by atoms with E-state index in [-0.39, 0.29) is 11.9 Å². The van der Waals surface area contributed by atoms with Crippen molar-refractivity contribution in [2.45, 2.75) is 45.1 Å². The molecule has 4 rings (SSSR count). The summed E-state index contributed by atoms with van der Waals surface area (Å²) < 4.78 is 1.95. The molecule has 2 atom stereocenters. The van der Waals surface area contributed by atoms with E-state index in [2.05, 4.69) is 10.4 Å². The number of urea groups is 1. The Balaban J connectivity index is 1.46. The van der Waals surface area contributed by atoms with Gasteiger partial charge >= 0.3 is 12.0 Å². The standard InChI is InChI=1S/C16H22N4O3/c21-14(22)16-6-3-4-11(16)9-19(10-16)15(23)17-13-8-12-5-1-2-7-20(12)18-13/h8,11H,1-7,9-10H2,(H,21,22)(H,17,18,23)/t11-,16+/m0/s1. The van der Waals surface area contributed by atoms with Crippen LogP contribution < -0.4 is 5.32 Å².